The molecule has 3 aliphatic carbocycles. The van der Waals surface area contributed by atoms with Crippen LogP contribution in [0.25, 0.3) is 6.08 Å². The molecule has 2 aromatic rings. The molecule has 3 heterocycles. The number of aliphatic hydroxyl groups excluding tert-OH is 1. The number of benzene rings is 1. The fourth-order valence-electron chi connectivity index (χ4n) is 7.74. The summed E-state index contributed by atoms with van der Waals surface area (Å²) in [5.41, 5.74) is 3.74. The Hall–Kier alpha value is -2.57. The standard InChI is InChI=1S/C28H32N2O4/c1-29(25(32)8-5-17-9-12-33-16-17)21-7-6-20-22-13-18-3-2-4-24-26(18)28(20,27(21)34-24)10-11-30(22)15-19-14-23(19)31/h2-5,8-9,12,16,19-23,27,31H,6-7,10-11,13-15H2,1H3/t19?,20-,21-,22+,23?,27-,28-/m0/s1. The zero-order valence-electron chi connectivity index (χ0n) is 19.6. The molecule has 178 valence electrons. The highest BCUT2D eigenvalue weighted by Gasteiger charge is 2.66. The number of rotatable bonds is 5. The molecule has 6 heteroatoms. The summed E-state index contributed by atoms with van der Waals surface area (Å²) in [6.07, 6.45) is 11.8. The molecule has 5 aliphatic rings. The monoisotopic (exact) mass is 460 g/mol. The lowest BCUT2D eigenvalue weighted by Crippen LogP contribution is -2.69. The van der Waals surface area contributed by atoms with Crippen molar-refractivity contribution < 1.29 is 19.1 Å². The van der Waals surface area contributed by atoms with Gasteiger partial charge in [0.2, 0.25) is 5.91 Å². The van der Waals surface area contributed by atoms with Gasteiger partial charge in [0.1, 0.15) is 11.9 Å². The van der Waals surface area contributed by atoms with Crippen LogP contribution in [0.15, 0.2) is 47.3 Å². The smallest absolute Gasteiger partial charge is 0.246 e. The van der Waals surface area contributed by atoms with E-state index in [1.165, 1.54) is 11.1 Å². The molecule has 6 nitrogen and oxygen atoms in total. The third-order valence-electron chi connectivity index (χ3n) is 9.46. The molecule has 34 heavy (non-hydrogen) atoms. The van der Waals surface area contributed by atoms with Gasteiger partial charge < -0.3 is 19.2 Å². The van der Waals surface area contributed by atoms with Crippen molar-refractivity contribution in [2.24, 2.45) is 11.8 Å². The maximum absolute atomic E-state index is 13.2. The van der Waals surface area contributed by atoms with Crippen LogP contribution in [0.2, 0.25) is 0 Å². The average Bonchev–Trinajstić information content (AvgIpc) is 3.21. The van der Waals surface area contributed by atoms with Crippen LogP contribution in [-0.2, 0) is 16.6 Å². The molecule has 1 saturated heterocycles. The molecule has 2 aliphatic heterocycles. The van der Waals surface area contributed by atoms with E-state index in [-0.39, 0.29) is 29.6 Å². The quantitative estimate of drug-likeness (QED) is 0.694. The highest BCUT2D eigenvalue weighted by atomic mass is 16.5. The Labute approximate surface area is 200 Å². The van der Waals surface area contributed by atoms with E-state index in [2.05, 4.69) is 23.1 Å². The molecule has 0 radical (unpaired) electrons. The van der Waals surface area contributed by atoms with Crippen LogP contribution in [0.5, 0.6) is 5.75 Å². The number of aliphatic hydroxyl groups is 1. The molecular weight excluding hydrogens is 428 g/mol. The molecule has 1 amide bonds. The molecule has 1 spiro atoms. The third kappa shape index (κ3) is 2.91. The van der Waals surface area contributed by atoms with Crippen LogP contribution >= 0.6 is 0 Å². The van der Waals surface area contributed by atoms with Crippen molar-refractivity contribution in [2.75, 3.05) is 20.1 Å². The van der Waals surface area contributed by atoms with E-state index in [9.17, 15) is 9.90 Å². The SMILES string of the molecule is CN(C(=O)C=Cc1ccoc1)[C@H]1CC[C@H]2[C@H]3Cc4cccc5c4[C@@]2(CCN3CC2CC2O)[C@H]1O5. The number of carbonyl (C=O) groups excluding carboxylic acids is 1. The Kier molecular flexibility index (Phi) is 4.56. The van der Waals surface area contributed by atoms with E-state index >= 15 is 0 Å². The largest absolute Gasteiger partial charge is 0.487 e. The second kappa shape index (κ2) is 7.46. The zero-order valence-corrected chi connectivity index (χ0v) is 19.6. The molecule has 1 aromatic carbocycles. The number of ether oxygens (including phenoxy) is 1. The van der Waals surface area contributed by atoms with Crippen molar-refractivity contribution in [3.05, 3.63) is 59.6 Å². The van der Waals surface area contributed by atoms with Crippen molar-refractivity contribution in [3.63, 3.8) is 0 Å². The molecule has 1 N–H and O–H groups in total. The van der Waals surface area contributed by atoms with Gasteiger partial charge in [-0.2, -0.15) is 0 Å². The molecule has 1 aromatic heterocycles. The summed E-state index contributed by atoms with van der Waals surface area (Å²) in [5, 5.41) is 9.98. The lowest BCUT2D eigenvalue weighted by Gasteiger charge is -2.60. The molecule has 2 bridgehead atoms. The Morgan fingerprint density at radius 2 is 2.21 bits per heavy atom. The van der Waals surface area contributed by atoms with Gasteiger partial charge in [0, 0.05) is 48.2 Å². The predicted octanol–water partition coefficient (Wildman–Crippen LogP) is 3.24. The minimum absolute atomic E-state index is 0.00450. The van der Waals surface area contributed by atoms with Crippen molar-refractivity contribution in [3.8, 4) is 5.75 Å². The van der Waals surface area contributed by atoms with Gasteiger partial charge in [-0.25, -0.2) is 0 Å². The Bertz CT molecular complexity index is 1140. The van der Waals surface area contributed by atoms with E-state index in [1.807, 2.05) is 24.1 Å². The normalized spacial score (nSPS) is 37.4. The molecule has 2 saturated carbocycles. The zero-order chi connectivity index (χ0) is 23.0. The number of likely N-dealkylation sites (tertiary alicyclic amines) is 1. The first kappa shape index (κ1) is 20.8. The summed E-state index contributed by atoms with van der Waals surface area (Å²) in [4.78, 5) is 17.7. The van der Waals surface area contributed by atoms with Crippen LogP contribution < -0.4 is 4.74 Å². The van der Waals surface area contributed by atoms with E-state index < -0.39 is 0 Å². The van der Waals surface area contributed by atoms with Crippen LogP contribution in [0.1, 0.15) is 42.4 Å². The molecular formula is C28H32N2O4. The van der Waals surface area contributed by atoms with Crippen LogP contribution in [0.3, 0.4) is 0 Å². The van der Waals surface area contributed by atoms with E-state index in [4.69, 9.17) is 9.15 Å². The lowest BCUT2D eigenvalue weighted by atomic mass is 9.51. The number of furan rings is 1. The number of hydrogen-bond acceptors (Lipinski definition) is 5. The van der Waals surface area contributed by atoms with Gasteiger partial charge in [-0.3, -0.25) is 9.69 Å². The molecule has 3 fully saturated rings. The number of carbonyl (C=O) groups is 1. The van der Waals surface area contributed by atoms with Crippen LogP contribution in [0, 0.1) is 11.8 Å². The molecule has 7 rings (SSSR count). The van der Waals surface area contributed by atoms with Crippen LogP contribution in [-0.4, -0.2) is 65.2 Å². The molecule has 2 unspecified atom stereocenters. The first-order valence-electron chi connectivity index (χ1n) is 12.7. The summed E-state index contributed by atoms with van der Waals surface area (Å²) < 4.78 is 11.9. The highest BCUT2D eigenvalue weighted by molar-refractivity contribution is 5.91. The Morgan fingerprint density at radius 3 is 3.00 bits per heavy atom. The van der Waals surface area contributed by atoms with E-state index in [0.29, 0.717) is 17.9 Å². The van der Waals surface area contributed by atoms with E-state index in [0.717, 1.165) is 56.5 Å². The number of likely N-dealkylation sites (N-methyl/N-ethyl adjacent to an activating group) is 1. The Balaban J connectivity index is 1.21. The number of amides is 1. The maximum atomic E-state index is 13.2. The van der Waals surface area contributed by atoms with Gasteiger partial charge in [0.05, 0.1) is 24.7 Å². The van der Waals surface area contributed by atoms with Gasteiger partial charge >= 0.3 is 0 Å². The summed E-state index contributed by atoms with van der Waals surface area (Å²) in [6, 6.07) is 8.95. The second-order valence-electron chi connectivity index (χ2n) is 11.0. The van der Waals surface area contributed by atoms with Crippen LogP contribution in [0.4, 0.5) is 0 Å². The fourth-order valence-corrected chi connectivity index (χ4v) is 7.74. The highest BCUT2D eigenvalue weighted by Crippen LogP contribution is 2.62. The minimum atomic E-state index is -0.105. The minimum Gasteiger partial charge on any atom is -0.487 e. The summed E-state index contributed by atoms with van der Waals surface area (Å²) in [7, 11) is 1.93. The lowest BCUT2D eigenvalue weighted by molar-refractivity contribution is -0.135. The van der Waals surface area contributed by atoms with Gasteiger partial charge in [-0.1, -0.05) is 12.1 Å². The Morgan fingerprint density at radius 1 is 1.32 bits per heavy atom. The summed E-state index contributed by atoms with van der Waals surface area (Å²) in [5.74, 6) is 2.03. The van der Waals surface area contributed by atoms with Crippen molar-refractivity contribution >= 4 is 12.0 Å². The number of hydrogen-bond donors (Lipinski definition) is 1. The molecule has 7 atom stereocenters. The number of piperidine rings is 1. The summed E-state index contributed by atoms with van der Waals surface area (Å²) >= 11 is 0. The average molecular weight is 461 g/mol. The fraction of sp³-hybridized carbons (Fsp3) is 0.536. The first-order valence-corrected chi connectivity index (χ1v) is 12.7. The van der Waals surface area contributed by atoms with Gasteiger partial charge in [0.25, 0.3) is 0 Å². The van der Waals surface area contributed by atoms with E-state index in [1.54, 1.807) is 18.6 Å². The predicted molar refractivity (Wildman–Crippen MR) is 127 cm³/mol. The maximum Gasteiger partial charge on any atom is 0.246 e. The van der Waals surface area contributed by atoms with Gasteiger partial charge in [-0.15, -0.1) is 0 Å². The summed E-state index contributed by atoms with van der Waals surface area (Å²) in [6.45, 7) is 2.06. The number of nitrogens with zero attached hydrogens (tertiary/aromatic N) is 2. The van der Waals surface area contributed by atoms with Crippen molar-refractivity contribution in [1.82, 2.24) is 9.80 Å². The second-order valence-corrected chi connectivity index (χ2v) is 11.0. The first-order chi connectivity index (χ1) is 16.6. The van der Waals surface area contributed by atoms with Gasteiger partial charge in [0.15, 0.2) is 0 Å². The third-order valence-corrected chi connectivity index (χ3v) is 9.46. The van der Waals surface area contributed by atoms with Crippen molar-refractivity contribution in [1.29, 1.82) is 0 Å². The van der Waals surface area contributed by atoms with Crippen molar-refractivity contribution in [2.45, 2.75) is 61.8 Å². The topological polar surface area (TPSA) is 66.2 Å². The van der Waals surface area contributed by atoms with Gasteiger partial charge in [-0.05, 0) is 68.3 Å².